The maximum Gasteiger partial charge on any atom is 0.227 e. The minimum atomic E-state index is -0.310. The van der Waals surface area contributed by atoms with E-state index < -0.39 is 0 Å². The minimum absolute atomic E-state index is 0.00695. The van der Waals surface area contributed by atoms with E-state index >= 15 is 0 Å². The van der Waals surface area contributed by atoms with Crippen molar-refractivity contribution in [3.8, 4) is 0 Å². The Morgan fingerprint density at radius 3 is 2.52 bits per heavy atom. The standard InChI is InChI=1S/C17H28N2O2/c1-11(2)9-13-15(17(13,3)4)16(21)19-8-6-5-7-12(19)10-14(18)20/h9,12-13,15H,5-8,10H2,1-4H3,(H2,18,20)/t12-,13-,15+/m1/s1. The van der Waals surface area contributed by atoms with Crippen LogP contribution in [0.3, 0.4) is 0 Å². The number of hydrogen-bond acceptors (Lipinski definition) is 2. The predicted octanol–water partition coefficient (Wildman–Crippen LogP) is 2.48. The smallest absolute Gasteiger partial charge is 0.227 e. The molecule has 21 heavy (non-hydrogen) atoms. The van der Waals surface area contributed by atoms with Crippen LogP contribution in [0.1, 0.15) is 53.4 Å². The van der Waals surface area contributed by atoms with E-state index in [-0.39, 0.29) is 29.2 Å². The second-order valence-corrected chi connectivity index (χ2v) is 7.42. The molecular formula is C17H28N2O2. The van der Waals surface area contributed by atoms with Gasteiger partial charge in [-0.25, -0.2) is 0 Å². The Hall–Kier alpha value is -1.32. The molecule has 0 aromatic carbocycles. The fourth-order valence-corrected chi connectivity index (χ4v) is 3.73. The molecule has 0 radical (unpaired) electrons. The first-order valence-electron chi connectivity index (χ1n) is 7.99. The number of rotatable bonds is 4. The van der Waals surface area contributed by atoms with E-state index in [0.29, 0.717) is 12.3 Å². The van der Waals surface area contributed by atoms with Crippen LogP contribution in [0.15, 0.2) is 11.6 Å². The van der Waals surface area contributed by atoms with Gasteiger partial charge in [0.15, 0.2) is 0 Å². The summed E-state index contributed by atoms with van der Waals surface area (Å²) < 4.78 is 0. The summed E-state index contributed by atoms with van der Waals surface area (Å²) in [7, 11) is 0. The summed E-state index contributed by atoms with van der Waals surface area (Å²) in [5, 5.41) is 0. The van der Waals surface area contributed by atoms with Gasteiger partial charge in [0.1, 0.15) is 0 Å². The van der Waals surface area contributed by atoms with E-state index in [1.54, 1.807) is 0 Å². The minimum Gasteiger partial charge on any atom is -0.370 e. The molecule has 4 nitrogen and oxygen atoms in total. The molecular weight excluding hydrogens is 264 g/mol. The molecule has 118 valence electrons. The van der Waals surface area contributed by atoms with Crippen molar-refractivity contribution in [2.24, 2.45) is 23.0 Å². The number of amides is 2. The Bertz CT molecular complexity index is 463. The summed E-state index contributed by atoms with van der Waals surface area (Å²) in [5.74, 6) is 0.288. The highest BCUT2D eigenvalue weighted by molar-refractivity contribution is 5.85. The zero-order valence-electron chi connectivity index (χ0n) is 13.7. The first-order chi connectivity index (χ1) is 9.75. The summed E-state index contributed by atoms with van der Waals surface area (Å²) in [5.41, 5.74) is 6.63. The molecule has 3 atom stereocenters. The fraction of sp³-hybridized carbons (Fsp3) is 0.765. The first kappa shape index (κ1) is 16.1. The quantitative estimate of drug-likeness (QED) is 0.809. The molecule has 0 aromatic rings. The maximum atomic E-state index is 12.9. The largest absolute Gasteiger partial charge is 0.370 e. The number of hydrogen-bond donors (Lipinski definition) is 1. The molecule has 0 unspecified atom stereocenters. The highest BCUT2D eigenvalue weighted by Crippen LogP contribution is 2.60. The lowest BCUT2D eigenvalue weighted by atomic mass is 9.97. The summed E-state index contributed by atoms with van der Waals surface area (Å²) in [4.78, 5) is 26.1. The van der Waals surface area contributed by atoms with E-state index in [1.807, 2.05) is 4.90 Å². The predicted molar refractivity (Wildman–Crippen MR) is 83.4 cm³/mol. The number of likely N-dealkylation sites (tertiary alicyclic amines) is 1. The van der Waals surface area contributed by atoms with Crippen LogP contribution in [-0.4, -0.2) is 29.3 Å². The van der Waals surface area contributed by atoms with Crippen molar-refractivity contribution in [2.45, 2.75) is 59.4 Å². The van der Waals surface area contributed by atoms with E-state index in [0.717, 1.165) is 25.8 Å². The van der Waals surface area contributed by atoms with Gasteiger partial charge in [-0.05, 0) is 44.4 Å². The second-order valence-electron chi connectivity index (χ2n) is 7.42. The van der Waals surface area contributed by atoms with Crippen LogP contribution in [0.4, 0.5) is 0 Å². The van der Waals surface area contributed by atoms with Gasteiger partial charge in [-0.2, -0.15) is 0 Å². The zero-order valence-corrected chi connectivity index (χ0v) is 13.7. The lowest BCUT2D eigenvalue weighted by molar-refractivity contribution is -0.138. The lowest BCUT2D eigenvalue weighted by Crippen LogP contribution is -2.46. The van der Waals surface area contributed by atoms with Crippen LogP contribution in [-0.2, 0) is 9.59 Å². The summed E-state index contributed by atoms with van der Waals surface area (Å²) >= 11 is 0. The van der Waals surface area contributed by atoms with Gasteiger partial charge >= 0.3 is 0 Å². The number of nitrogens with two attached hydrogens (primary N) is 1. The number of carbonyl (C=O) groups excluding carboxylic acids is 2. The SMILES string of the molecule is CC(C)=C[C@@H]1[C@@H](C(=O)N2CCCC[C@@H]2CC(N)=O)C1(C)C. The van der Waals surface area contributed by atoms with E-state index in [1.165, 1.54) is 5.57 Å². The molecule has 0 spiro atoms. The Morgan fingerprint density at radius 1 is 1.29 bits per heavy atom. The molecule has 2 rings (SSSR count). The Balaban J connectivity index is 2.11. The van der Waals surface area contributed by atoms with Crippen LogP contribution in [0.5, 0.6) is 0 Å². The maximum absolute atomic E-state index is 12.9. The molecule has 0 bridgehead atoms. The second kappa shape index (κ2) is 5.82. The van der Waals surface area contributed by atoms with Crippen molar-refractivity contribution in [2.75, 3.05) is 6.54 Å². The molecule has 2 aliphatic rings. The molecule has 1 heterocycles. The zero-order chi connectivity index (χ0) is 15.8. The molecule has 4 heteroatoms. The van der Waals surface area contributed by atoms with Crippen molar-refractivity contribution in [3.63, 3.8) is 0 Å². The fourth-order valence-electron chi connectivity index (χ4n) is 3.73. The molecule has 0 aromatic heterocycles. The number of nitrogens with zero attached hydrogens (tertiary/aromatic N) is 1. The van der Waals surface area contributed by atoms with Gasteiger partial charge in [-0.15, -0.1) is 0 Å². The van der Waals surface area contributed by atoms with Gasteiger partial charge in [-0.1, -0.05) is 25.5 Å². The number of primary amides is 1. The van der Waals surface area contributed by atoms with Crippen LogP contribution < -0.4 is 5.73 Å². The average molecular weight is 292 g/mol. The number of carbonyl (C=O) groups is 2. The number of piperidine rings is 1. The monoisotopic (exact) mass is 292 g/mol. The van der Waals surface area contributed by atoms with E-state index in [4.69, 9.17) is 5.73 Å². The molecule has 1 aliphatic carbocycles. The Morgan fingerprint density at radius 2 is 1.95 bits per heavy atom. The van der Waals surface area contributed by atoms with Crippen LogP contribution in [0.25, 0.3) is 0 Å². The van der Waals surface area contributed by atoms with Gasteiger partial charge in [0.05, 0.1) is 5.92 Å². The number of allylic oxidation sites excluding steroid dienone is 2. The van der Waals surface area contributed by atoms with Crippen molar-refractivity contribution >= 4 is 11.8 Å². The molecule has 2 fully saturated rings. The highest BCUT2D eigenvalue weighted by atomic mass is 16.2. The van der Waals surface area contributed by atoms with Crippen LogP contribution >= 0.6 is 0 Å². The van der Waals surface area contributed by atoms with Crippen molar-refractivity contribution in [1.29, 1.82) is 0 Å². The molecule has 2 amide bonds. The van der Waals surface area contributed by atoms with Crippen molar-refractivity contribution in [1.82, 2.24) is 4.90 Å². The van der Waals surface area contributed by atoms with Gasteiger partial charge < -0.3 is 10.6 Å². The molecule has 1 saturated carbocycles. The van der Waals surface area contributed by atoms with Crippen molar-refractivity contribution in [3.05, 3.63) is 11.6 Å². The van der Waals surface area contributed by atoms with Crippen molar-refractivity contribution < 1.29 is 9.59 Å². The third-order valence-corrected chi connectivity index (χ3v) is 5.04. The first-order valence-corrected chi connectivity index (χ1v) is 7.99. The molecule has 1 saturated heterocycles. The Labute approximate surface area is 127 Å². The topological polar surface area (TPSA) is 63.4 Å². The van der Waals surface area contributed by atoms with Crippen LogP contribution in [0.2, 0.25) is 0 Å². The van der Waals surface area contributed by atoms with Gasteiger partial charge in [-0.3, -0.25) is 9.59 Å². The average Bonchev–Trinajstić information content (AvgIpc) is 2.89. The van der Waals surface area contributed by atoms with Gasteiger partial charge in [0, 0.05) is 19.0 Å². The summed E-state index contributed by atoms with van der Waals surface area (Å²) in [6.45, 7) is 9.24. The highest BCUT2D eigenvalue weighted by Gasteiger charge is 2.61. The van der Waals surface area contributed by atoms with Gasteiger partial charge in [0.2, 0.25) is 11.8 Å². The molecule has 2 N–H and O–H groups in total. The lowest BCUT2D eigenvalue weighted by Gasteiger charge is -2.35. The summed E-state index contributed by atoms with van der Waals surface area (Å²) in [6, 6.07) is 0.00695. The summed E-state index contributed by atoms with van der Waals surface area (Å²) in [6.07, 6.45) is 5.52. The van der Waals surface area contributed by atoms with E-state index in [2.05, 4.69) is 33.8 Å². The van der Waals surface area contributed by atoms with E-state index in [9.17, 15) is 9.59 Å². The normalized spacial score (nSPS) is 30.7. The van der Waals surface area contributed by atoms with Gasteiger partial charge in [0.25, 0.3) is 0 Å². The molecule has 1 aliphatic heterocycles. The van der Waals surface area contributed by atoms with Crippen LogP contribution in [0, 0.1) is 17.3 Å². The third kappa shape index (κ3) is 3.30. The third-order valence-electron chi connectivity index (χ3n) is 5.04. The Kier molecular flexibility index (Phi) is 4.45.